The maximum Gasteiger partial charge on any atom is 0.168 e. The van der Waals surface area contributed by atoms with Gasteiger partial charge in [0.15, 0.2) is 11.6 Å². The lowest BCUT2D eigenvalue weighted by Crippen LogP contribution is -2.11. The average Bonchev–Trinajstić information content (AvgIpc) is 2.06. The second-order valence-corrected chi connectivity index (χ2v) is 2.83. The molecule has 0 unspecified atom stereocenters. The fraction of sp³-hybridized carbons (Fsp3) is 0.444. The number of rotatable bonds is 0. The number of hydrogen-bond acceptors (Lipinski definition) is 3. The van der Waals surface area contributed by atoms with Gasteiger partial charge in [-0.15, -0.1) is 0 Å². The summed E-state index contributed by atoms with van der Waals surface area (Å²) in [5.74, 6) is 1.74. The fourth-order valence-electron chi connectivity index (χ4n) is 1.26. The molecule has 0 amide bonds. The first-order valence-corrected chi connectivity index (χ1v) is 4.28. The van der Waals surface area contributed by atoms with E-state index in [9.17, 15) is 0 Å². The highest BCUT2D eigenvalue weighted by molar-refractivity contribution is 5.49. The van der Waals surface area contributed by atoms with Gasteiger partial charge in [-0.25, -0.2) is 4.98 Å². The summed E-state index contributed by atoms with van der Waals surface area (Å²) in [4.78, 5) is 4.18. The largest absolute Gasteiger partial charge is 0.490 e. The predicted molar refractivity (Wildman–Crippen MR) is 47.5 cm³/mol. The first kappa shape index (κ1) is 7.40. The number of nitrogens with one attached hydrogen (secondary N) is 1. The number of ether oxygens (including phenoxy) is 1. The molecule has 0 saturated heterocycles. The molecule has 0 saturated carbocycles. The molecule has 1 aliphatic heterocycles. The maximum atomic E-state index is 5.50. The van der Waals surface area contributed by atoms with Gasteiger partial charge in [-0.05, 0) is 25.0 Å². The minimum absolute atomic E-state index is 0.806. The van der Waals surface area contributed by atoms with Crippen LogP contribution in [0.25, 0.3) is 0 Å². The number of aromatic nitrogens is 1. The standard InChI is InChI=1S/C9H12N2O/c1-2-7-12-8-4-3-6-11-9(8)10-5-1/h3-4,6H,1-2,5,7H2,(H,10,11). The summed E-state index contributed by atoms with van der Waals surface area (Å²) in [5.41, 5.74) is 0. The highest BCUT2D eigenvalue weighted by atomic mass is 16.5. The Hall–Kier alpha value is -1.25. The topological polar surface area (TPSA) is 34.1 Å². The summed E-state index contributed by atoms with van der Waals surface area (Å²) in [6.45, 7) is 1.80. The van der Waals surface area contributed by atoms with Crippen LogP contribution < -0.4 is 10.1 Å². The molecule has 0 aromatic carbocycles. The minimum Gasteiger partial charge on any atom is -0.490 e. The fourth-order valence-corrected chi connectivity index (χ4v) is 1.26. The Balaban J connectivity index is 2.24. The Kier molecular flexibility index (Phi) is 2.12. The molecule has 0 spiro atoms. The quantitative estimate of drug-likeness (QED) is 0.633. The zero-order chi connectivity index (χ0) is 8.23. The molecule has 0 aliphatic carbocycles. The van der Waals surface area contributed by atoms with E-state index in [2.05, 4.69) is 10.3 Å². The van der Waals surface area contributed by atoms with E-state index in [0.29, 0.717) is 0 Å². The van der Waals surface area contributed by atoms with Crippen molar-refractivity contribution in [2.75, 3.05) is 18.5 Å². The Labute approximate surface area is 71.8 Å². The summed E-state index contributed by atoms with van der Waals surface area (Å²) in [7, 11) is 0. The first-order valence-electron chi connectivity index (χ1n) is 4.28. The summed E-state index contributed by atoms with van der Waals surface area (Å²) in [6.07, 6.45) is 4.04. The van der Waals surface area contributed by atoms with Crippen LogP contribution in [0.15, 0.2) is 18.3 Å². The van der Waals surface area contributed by atoms with E-state index < -0.39 is 0 Å². The molecule has 64 valence electrons. The van der Waals surface area contributed by atoms with Gasteiger partial charge >= 0.3 is 0 Å². The summed E-state index contributed by atoms with van der Waals surface area (Å²) in [5, 5.41) is 3.23. The molecule has 0 radical (unpaired) electrons. The number of nitrogens with zero attached hydrogens (tertiary/aromatic N) is 1. The van der Waals surface area contributed by atoms with Crippen molar-refractivity contribution >= 4 is 5.82 Å². The van der Waals surface area contributed by atoms with Crippen molar-refractivity contribution < 1.29 is 4.74 Å². The lowest BCUT2D eigenvalue weighted by atomic mass is 10.3. The summed E-state index contributed by atoms with van der Waals surface area (Å²) >= 11 is 0. The van der Waals surface area contributed by atoms with E-state index in [1.807, 2.05) is 12.1 Å². The Morgan fingerprint density at radius 2 is 2.42 bits per heavy atom. The number of pyridine rings is 1. The molecule has 3 heteroatoms. The van der Waals surface area contributed by atoms with Gasteiger partial charge in [0.2, 0.25) is 0 Å². The van der Waals surface area contributed by atoms with Crippen LogP contribution in [0.2, 0.25) is 0 Å². The zero-order valence-electron chi connectivity index (χ0n) is 6.92. The molecule has 0 atom stereocenters. The second-order valence-electron chi connectivity index (χ2n) is 2.83. The monoisotopic (exact) mass is 164 g/mol. The van der Waals surface area contributed by atoms with Gasteiger partial charge in [0.25, 0.3) is 0 Å². The maximum absolute atomic E-state index is 5.50. The molecule has 0 bridgehead atoms. The Morgan fingerprint density at radius 3 is 3.42 bits per heavy atom. The minimum atomic E-state index is 0.806. The molecule has 12 heavy (non-hydrogen) atoms. The highest BCUT2D eigenvalue weighted by Crippen LogP contribution is 2.22. The van der Waals surface area contributed by atoms with Crippen LogP contribution in [0.5, 0.6) is 5.75 Å². The van der Waals surface area contributed by atoms with E-state index >= 15 is 0 Å². The van der Waals surface area contributed by atoms with E-state index in [0.717, 1.165) is 37.6 Å². The molecule has 1 N–H and O–H groups in total. The van der Waals surface area contributed by atoms with Gasteiger partial charge in [-0.1, -0.05) is 0 Å². The van der Waals surface area contributed by atoms with Crippen molar-refractivity contribution in [3.63, 3.8) is 0 Å². The normalized spacial score (nSPS) is 16.3. The SMILES string of the molecule is c1cnc2c(c1)OCCCCN2. The Morgan fingerprint density at radius 1 is 1.42 bits per heavy atom. The molecule has 1 aliphatic rings. The smallest absolute Gasteiger partial charge is 0.168 e. The third-order valence-electron chi connectivity index (χ3n) is 1.89. The van der Waals surface area contributed by atoms with Crippen LogP contribution in [0.4, 0.5) is 5.82 Å². The molecular formula is C9H12N2O. The van der Waals surface area contributed by atoms with Gasteiger partial charge in [0.1, 0.15) is 0 Å². The molecular weight excluding hydrogens is 152 g/mol. The number of hydrogen-bond donors (Lipinski definition) is 1. The van der Waals surface area contributed by atoms with E-state index in [1.165, 1.54) is 0 Å². The lowest BCUT2D eigenvalue weighted by Gasteiger charge is -2.14. The van der Waals surface area contributed by atoms with Gasteiger partial charge in [-0.3, -0.25) is 0 Å². The van der Waals surface area contributed by atoms with E-state index in [4.69, 9.17) is 4.74 Å². The predicted octanol–water partition coefficient (Wildman–Crippen LogP) is 1.67. The van der Waals surface area contributed by atoms with Gasteiger partial charge in [-0.2, -0.15) is 0 Å². The van der Waals surface area contributed by atoms with Crippen LogP contribution in [0.1, 0.15) is 12.8 Å². The van der Waals surface area contributed by atoms with Crippen LogP contribution in [-0.4, -0.2) is 18.1 Å². The van der Waals surface area contributed by atoms with Gasteiger partial charge < -0.3 is 10.1 Å². The molecule has 1 aromatic rings. The first-order chi connectivity index (χ1) is 5.97. The Bertz CT molecular complexity index is 235. The highest BCUT2D eigenvalue weighted by Gasteiger charge is 2.05. The van der Waals surface area contributed by atoms with Crippen molar-refractivity contribution in [2.45, 2.75) is 12.8 Å². The lowest BCUT2D eigenvalue weighted by molar-refractivity contribution is 0.304. The average molecular weight is 164 g/mol. The zero-order valence-corrected chi connectivity index (χ0v) is 6.92. The van der Waals surface area contributed by atoms with Crippen molar-refractivity contribution in [1.82, 2.24) is 4.98 Å². The summed E-state index contributed by atoms with van der Waals surface area (Å²) in [6, 6.07) is 3.84. The van der Waals surface area contributed by atoms with Gasteiger partial charge in [0.05, 0.1) is 6.61 Å². The van der Waals surface area contributed by atoms with E-state index in [1.54, 1.807) is 6.20 Å². The van der Waals surface area contributed by atoms with Crippen LogP contribution in [0.3, 0.4) is 0 Å². The third kappa shape index (κ3) is 1.49. The van der Waals surface area contributed by atoms with Crippen molar-refractivity contribution in [3.8, 4) is 5.75 Å². The summed E-state index contributed by atoms with van der Waals surface area (Å²) < 4.78 is 5.50. The molecule has 1 aromatic heterocycles. The molecule has 2 rings (SSSR count). The van der Waals surface area contributed by atoms with Crippen molar-refractivity contribution in [3.05, 3.63) is 18.3 Å². The van der Waals surface area contributed by atoms with Crippen LogP contribution in [0, 0.1) is 0 Å². The van der Waals surface area contributed by atoms with E-state index in [-0.39, 0.29) is 0 Å². The van der Waals surface area contributed by atoms with Crippen molar-refractivity contribution in [2.24, 2.45) is 0 Å². The van der Waals surface area contributed by atoms with Gasteiger partial charge in [0, 0.05) is 12.7 Å². The molecule has 2 heterocycles. The van der Waals surface area contributed by atoms with Crippen LogP contribution in [-0.2, 0) is 0 Å². The number of anilines is 1. The molecule has 3 nitrogen and oxygen atoms in total. The third-order valence-corrected chi connectivity index (χ3v) is 1.89. The van der Waals surface area contributed by atoms with Crippen LogP contribution >= 0.6 is 0 Å². The second kappa shape index (κ2) is 3.43. The van der Waals surface area contributed by atoms with Crippen molar-refractivity contribution in [1.29, 1.82) is 0 Å². The molecule has 0 fully saturated rings. The number of fused-ring (bicyclic) bond motifs is 1.